The maximum atomic E-state index is 11.2. The van der Waals surface area contributed by atoms with Crippen molar-refractivity contribution in [3.63, 3.8) is 0 Å². The first-order valence-corrected chi connectivity index (χ1v) is 7.31. The molecule has 88 valence electrons. The van der Waals surface area contributed by atoms with Crippen LogP contribution in [0.25, 0.3) is 11.6 Å². The van der Waals surface area contributed by atoms with Gasteiger partial charge in [0.25, 0.3) is 0 Å². The summed E-state index contributed by atoms with van der Waals surface area (Å²) in [5.41, 5.74) is 0.341. The van der Waals surface area contributed by atoms with E-state index in [4.69, 9.17) is 0 Å². The standard InChI is InChI=1S/C12H9BrO2S2/c1-7-10(13)6-8(17-7)5-9(12(14)15)11-3-2-4-16-11/h2-6H,1H3,(H,14,15)/b9-5+. The molecule has 0 saturated heterocycles. The molecule has 0 bridgehead atoms. The lowest BCUT2D eigenvalue weighted by Crippen LogP contribution is -1.97. The van der Waals surface area contributed by atoms with Crippen molar-refractivity contribution in [1.82, 2.24) is 0 Å². The summed E-state index contributed by atoms with van der Waals surface area (Å²) in [6.07, 6.45) is 1.72. The second kappa shape index (κ2) is 5.16. The molecule has 17 heavy (non-hydrogen) atoms. The van der Waals surface area contributed by atoms with Gasteiger partial charge in [-0.15, -0.1) is 22.7 Å². The lowest BCUT2D eigenvalue weighted by molar-refractivity contribution is -0.130. The molecule has 1 N–H and O–H groups in total. The number of hydrogen-bond donors (Lipinski definition) is 1. The normalized spacial score (nSPS) is 11.8. The molecule has 2 aromatic rings. The van der Waals surface area contributed by atoms with Crippen LogP contribution >= 0.6 is 38.6 Å². The van der Waals surface area contributed by atoms with Crippen molar-refractivity contribution in [2.24, 2.45) is 0 Å². The highest BCUT2D eigenvalue weighted by atomic mass is 79.9. The highest BCUT2D eigenvalue weighted by Gasteiger charge is 2.12. The molecule has 0 saturated carbocycles. The molecular weight excluding hydrogens is 320 g/mol. The number of carbonyl (C=O) groups is 1. The Balaban J connectivity index is 2.44. The Morgan fingerprint density at radius 3 is 2.76 bits per heavy atom. The zero-order valence-corrected chi connectivity index (χ0v) is 12.2. The quantitative estimate of drug-likeness (QED) is 0.842. The summed E-state index contributed by atoms with van der Waals surface area (Å²) >= 11 is 6.44. The molecular formula is C12H9BrO2S2. The number of rotatable bonds is 3. The van der Waals surface area contributed by atoms with Crippen LogP contribution in [0.2, 0.25) is 0 Å². The maximum absolute atomic E-state index is 11.2. The minimum Gasteiger partial charge on any atom is -0.478 e. The second-order valence-electron chi connectivity index (χ2n) is 3.39. The lowest BCUT2D eigenvalue weighted by atomic mass is 10.2. The van der Waals surface area contributed by atoms with Gasteiger partial charge < -0.3 is 5.11 Å². The van der Waals surface area contributed by atoms with Gasteiger partial charge in [-0.25, -0.2) is 4.79 Å². The average Bonchev–Trinajstić information content (AvgIpc) is 2.86. The minimum atomic E-state index is -0.894. The van der Waals surface area contributed by atoms with Crippen molar-refractivity contribution in [3.8, 4) is 0 Å². The van der Waals surface area contributed by atoms with Crippen LogP contribution in [-0.4, -0.2) is 11.1 Å². The molecule has 2 rings (SSSR count). The molecule has 2 heterocycles. The topological polar surface area (TPSA) is 37.3 Å². The predicted molar refractivity (Wildman–Crippen MR) is 76.6 cm³/mol. The number of aliphatic carboxylic acids is 1. The summed E-state index contributed by atoms with van der Waals surface area (Å²) < 4.78 is 1.02. The summed E-state index contributed by atoms with van der Waals surface area (Å²) in [7, 11) is 0. The Kier molecular flexibility index (Phi) is 3.81. The van der Waals surface area contributed by atoms with Gasteiger partial charge in [-0.2, -0.15) is 0 Å². The van der Waals surface area contributed by atoms with Gasteiger partial charge in [0.2, 0.25) is 0 Å². The number of aryl methyl sites for hydroxylation is 1. The molecule has 2 nitrogen and oxygen atoms in total. The van der Waals surface area contributed by atoms with E-state index in [2.05, 4.69) is 15.9 Å². The highest BCUT2D eigenvalue weighted by molar-refractivity contribution is 9.10. The predicted octanol–water partition coefficient (Wildman–Crippen LogP) is 4.51. The van der Waals surface area contributed by atoms with Crippen LogP contribution in [0, 0.1) is 6.92 Å². The van der Waals surface area contributed by atoms with Crippen molar-refractivity contribution in [1.29, 1.82) is 0 Å². The van der Waals surface area contributed by atoms with Gasteiger partial charge in [0.15, 0.2) is 0 Å². The lowest BCUT2D eigenvalue weighted by Gasteiger charge is -1.97. The zero-order chi connectivity index (χ0) is 12.4. The Labute approximate surface area is 115 Å². The van der Waals surface area contributed by atoms with E-state index >= 15 is 0 Å². The number of carboxylic acid groups (broad SMARTS) is 1. The Hall–Kier alpha value is -0.910. The van der Waals surface area contributed by atoms with Crippen LogP contribution in [0.4, 0.5) is 0 Å². The number of carboxylic acids is 1. The molecule has 0 amide bonds. The fourth-order valence-electron chi connectivity index (χ4n) is 1.36. The van der Waals surface area contributed by atoms with E-state index in [1.807, 2.05) is 30.5 Å². The average molecular weight is 329 g/mol. The van der Waals surface area contributed by atoms with E-state index in [1.165, 1.54) is 11.3 Å². The molecule has 0 radical (unpaired) electrons. The molecule has 0 aromatic carbocycles. The van der Waals surface area contributed by atoms with Crippen LogP contribution in [-0.2, 0) is 4.79 Å². The number of thiophene rings is 2. The van der Waals surface area contributed by atoms with Crippen LogP contribution in [0.1, 0.15) is 14.6 Å². The van der Waals surface area contributed by atoms with Crippen LogP contribution in [0.5, 0.6) is 0 Å². The van der Waals surface area contributed by atoms with Crippen molar-refractivity contribution < 1.29 is 9.90 Å². The van der Waals surface area contributed by atoms with Gasteiger partial charge in [0.1, 0.15) is 0 Å². The van der Waals surface area contributed by atoms with E-state index < -0.39 is 5.97 Å². The third-order valence-electron chi connectivity index (χ3n) is 2.18. The Morgan fingerprint density at radius 1 is 1.53 bits per heavy atom. The largest absolute Gasteiger partial charge is 0.478 e. The third kappa shape index (κ3) is 2.86. The van der Waals surface area contributed by atoms with Crippen molar-refractivity contribution in [2.45, 2.75) is 6.92 Å². The summed E-state index contributed by atoms with van der Waals surface area (Å²) in [5.74, 6) is -0.894. The summed E-state index contributed by atoms with van der Waals surface area (Å²) in [4.78, 5) is 14.1. The van der Waals surface area contributed by atoms with Crippen LogP contribution in [0.3, 0.4) is 0 Å². The monoisotopic (exact) mass is 328 g/mol. The summed E-state index contributed by atoms with van der Waals surface area (Å²) in [6.45, 7) is 2.00. The van der Waals surface area contributed by atoms with E-state index in [1.54, 1.807) is 17.4 Å². The minimum absolute atomic E-state index is 0.341. The van der Waals surface area contributed by atoms with E-state index in [9.17, 15) is 9.90 Å². The fraction of sp³-hybridized carbons (Fsp3) is 0.0833. The van der Waals surface area contributed by atoms with Gasteiger partial charge in [-0.3, -0.25) is 0 Å². The van der Waals surface area contributed by atoms with E-state index in [-0.39, 0.29) is 0 Å². The van der Waals surface area contributed by atoms with Crippen molar-refractivity contribution in [3.05, 3.63) is 42.7 Å². The van der Waals surface area contributed by atoms with Gasteiger partial charge in [-0.05, 0) is 46.4 Å². The molecule has 0 unspecified atom stereocenters. The van der Waals surface area contributed by atoms with Crippen LogP contribution in [0.15, 0.2) is 28.1 Å². The van der Waals surface area contributed by atoms with E-state index in [0.29, 0.717) is 5.57 Å². The summed E-state index contributed by atoms with van der Waals surface area (Å²) in [6, 6.07) is 5.61. The molecule has 0 atom stereocenters. The molecule has 5 heteroatoms. The molecule has 0 spiro atoms. The van der Waals surface area contributed by atoms with Crippen LogP contribution < -0.4 is 0 Å². The maximum Gasteiger partial charge on any atom is 0.337 e. The van der Waals surface area contributed by atoms with Gasteiger partial charge in [-0.1, -0.05) is 6.07 Å². The molecule has 0 aliphatic heterocycles. The first kappa shape index (κ1) is 12.5. The zero-order valence-electron chi connectivity index (χ0n) is 8.94. The van der Waals surface area contributed by atoms with Crippen molar-refractivity contribution >= 4 is 56.2 Å². The summed E-state index contributed by atoms with van der Waals surface area (Å²) in [5, 5.41) is 11.1. The van der Waals surface area contributed by atoms with Gasteiger partial charge in [0, 0.05) is 19.1 Å². The third-order valence-corrected chi connectivity index (χ3v) is 5.17. The number of halogens is 1. The SMILES string of the molecule is Cc1sc(/C=C(/C(=O)O)c2cccs2)cc1Br. The second-order valence-corrected chi connectivity index (χ2v) is 6.48. The van der Waals surface area contributed by atoms with Crippen molar-refractivity contribution in [2.75, 3.05) is 0 Å². The highest BCUT2D eigenvalue weighted by Crippen LogP contribution is 2.30. The molecule has 0 aliphatic rings. The van der Waals surface area contributed by atoms with E-state index in [0.717, 1.165) is 19.1 Å². The molecule has 0 aliphatic carbocycles. The smallest absolute Gasteiger partial charge is 0.337 e. The Morgan fingerprint density at radius 2 is 2.29 bits per heavy atom. The first-order valence-electron chi connectivity index (χ1n) is 4.82. The Bertz CT molecular complexity index is 548. The van der Waals surface area contributed by atoms with Gasteiger partial charge in [0.05, 0.1) is 5.57 Å². The number of hydrogen-bond acceptors (Lipinski definition) is 3. The molecule has 2 aromatic heterocycles. The fourth-order valence-corrected chi connectivity index (χ4v) is 3.60. The first-order chi connectivity index (χ1) is 8.08. The van der Waals surface area contributed by atoms with Gasteiger partial charge >= 0.3 is 5.97 Å². The molecule has 0 fully saturated rings.